The Bertz CT molecular complexity index is 1580. The van der Waals surface area contributed by atoms with Crippen molar-refractivity contribution in [1.29, 1.82) is 0 Å². The fourth-order valence-corrected chi connectivity index (χ4v) is 5.13. The van der Waals surface area contributed by atoms with Crippen LogP contribution in [-0.2, 0) is 11.3 Å². The minimum atomic E-state index is -0.703. The average Bonchev–Trinajstić information content (AvgIpc) is 2.95. The maximum absolute atomic E-state index is 13.9. The molecular formula is C30H27ClFN3O4. The molecule has 5 rings (SSSR count). The summed E-state index contributed by atoms with van der Waals surface area (Å²) in [5.41, 5.74) is 1.90. The van der Waals surface area contributed by atoms with Crippen LogP contribution in [0.4, 0.5) is 10.1 Å². The predicted molar refractivity (Wildman–Crippen MR) is 149 cm³/mol. The molecule has 1 aromatic heterocycles. The molecule has 1 aliphatic rings. The molecule has 0 N–H and O–H groups in total. The lowest BCUT2D eigenvalue weighted by molar-refractivity contribution is 0.0523. The van der Waals surface area contributed by atoms with Crippen LogP contribution in [0.2, 0.25) is 5.02 Å². The van der Waals surface area contributed by atoms with Gasteiger partial charge in [-0.05, 0) is 55.0 Å². The molecule has 1 aliphatic heterocycles. The highest BCUT2D eigenvalue weighted by Gasteiger charge is 2.30. The second-order valence-corrected chi connectivity index (χ2v) is 9.71. The maximum atomic E-state index is 13.9. The summed E-state index contributed by atoms with van der Waals surface area (Å²) in [5, 5.41) is 1.12. The van der Waals surface area contributed by atoms with Gasteiger partial charge in [0.15, 0.2) is 0 Å². The van der Waals surface area contributed by atoms with Crippen LogP contribution in [0.3, 0.4) is 0 Å². The molecule has 1 saturated heterocycles. The van der Waals surface area contributed by atoms with Crippen molar-refractivity contribution >= 4 is 40.1 Å². The summed E-state index contributed by atoms with van der Waals surface area (Å²) in [6.45, 7) is 3.54. The van der Waals surface area contributed by atoms with Crippen LogP contribution >= 0.6 is 11.6 Å². The number of anilines is 1. The number of halogens is 2. The standard InChI is InChI=1S/C30H27ClFN3O4/c1-2-39-30(38)26-27(33-14-16-34(17-15-33)28(36)21-8-11-23(32)12-9-21)24-18-22(31)10-13-25(24)35(29(26)37)19-20-6-4-3-5-7-20/h3-13,18H,2,14-17,19H2,1H3. The van der Waals surface area contributed by atoms with E-state index in [1.54, 1.807) is 34.6 Å². The third kappa shape index (κ3) is 5.38. The van der Waals surface area contributed by atoms with Gasteiger partial charge in [-0.15, -0.1) is 0 Å². The normalized spacial score (nSPS) is 13.5. The fraction of sp³-hybridized carbons (Fsp3) is 0.233. The van der Waals surface area contributed by atoms with Gasteiger partial charge >= 0.3 is 5.97 Å². The zero-order valence-corrected chi connectivity index (χ0v) is 22.2. The number of carbonyl (C=O) groups is 2. The summed E-state index contributed by atoms with van der Waals surface area (Å²) >= 11 is 6.42. The number of rotatable bonds is 6. The first-order chi connectivity index (χ1) is 18.9. The number of amides is 1. The zero-order valence-electron chi connectivity index (χ0n) is 21.4. The number of carbonyl (C=O) groups excluding carboxylic acids is 2. The van der Waals surface area contributed by atoms with E-state index in [4.69, 9.17) is 16.3 Å². The van der Waals surface area contributed by atoms with Crippen molar-refractivity contribution in [3.05, 3.63) is 111 Å². The molecule has 0 aliphatic carbocycles. The number of hydrogen-bond acceptors (Lipinski definition) is 5. The summed E-state index contributed by atoms with van der Waals surface area (Å²) in [7, 11) is 0. The minimum absolute atomic E-state index is 0.0548. The van der Waals surface area contributed by atoms with E-state index in [1.165, 1.54) is 24.3 Å². The van der Waals surface area contributed by atoms with Crippen molar-refractivity contribution in [3.63, 3.8) is 0 Å². The highest BCUT2D eigenvalue weighted by atomic mass is 35.5. The first-order valence-electron chi connectivity index (χ1n) is 12.7. The quantitative estimate of drug-likeness (QED) is 0.318. The Balaban J connectivity index is 1.57. The topological polar surface area (TPSA) is 71.8 Å². The highest BCUT2D eigenvalue weighted by Crippen LogP contribution is 2.33. The monoisotopic (exact) mass is 547 g/mol. The van der Waals surface area contributed by atoms with Gasteiger partial charge in [0.1, 0.15) is 11.4 Å². The molecule has 1 amide bonds. The molecule has 0 bridgehead atoms. The summed E-state index contributed by atoms with van der Waals surface area (Å²) < 4.78 is 20.2. The molecular weight excluding hydrogens is 521 g/mol. The van der Waals surface area contributed by atoms with E-state index in [-0.39, 0.29) is 24.6 Å². The predicted octanol–water partition coefficient (Wildman–Crippen LogP) is 4.98. The van der Waals surface area contributed by atoms with E-state index >= 15 is 0 Å². The Labute approximate surface area is 230 Å². The molecule has 0 unspecified atom stereocenters. The number of fused-ring (bicyclic) bond motifs is 1. The minimum Gasteiger partial charge on any atom is -0.462 e. The molecule has 9 heteroatoms. The van der Waals surface area contributed by atoms with Crippen molar-refractivity contribution in [2.45, 2.75) is 13.5 Å². The Morgan fingerprint density at radius 2 is 1.64 bits per heavy atom. The van der Waals surface area contributed by atoms with Crippen LogP contribution < -0.4 is 10.5 Å². The Kier molecular flexibility index (Phi) is 7.65. The van der Waals surface area contributed by atoms with Gasteiger partial charge in [0.25, 0.3) is 11.5 Å². The number of esters is 1. The van der Waals surface area contributed by atoms with Gasteiger partial charge in [0.05, 0.1) is 24.4 Å². The third-order valence-electron chi connectivity index (χ3n) is 6.84. The van der Waals surface area contributed by atoms with E-state index in [2.05, 4.69) is 0 Å². The van der Waals surface area contributed by atoms with Crippen molar-refractivity contribution in [2.75, 3.05) is 37.7 Å². The van der Waals surface area contributed by atoms with Crippen LogP contribution in [0.1, 0.15) is 33.2 Å². The molecule has 0 atom stereocenters. The van der Waals surface area contributed by atoms with E-state index in [9.17, 15) is 18.8 Å². The zero-order chi connectivity index (χ0) is 27.5. The molecule has 3 aromatic carbocycles. The van der Waals surface area contributed by atoms with Crippen molar-refractivity contribution in [1.82, 2.24) is 9.47 Å². The lowest BCUT2D eigenvalue weighted by Crippen LogP contribution is -2.49. The fourth-order valence-electron chi connectivity index (χ4n) is 4.96. The molecule has 0 radical (unpaired) electrons. The van der Waals surface area contributed by atoms with Crippen molar-refractivity contribution in [3.8, 4) is 0 Å². The number of aromatic nitrogens is 1. The number of hydrogen-bond donors (Lipinski definition) is 0. The molecule has 2 heterocycles. The van der Waals surface area contributed by atoms with Gasteiger partial charge in [0.2, 0.25) is 0 Å². The largest absolute Gasteiger partial charge is 0.462 e. The van der Waals surface area contributed by atoms with Gasteiger partial charge in [-0.25, -0.2) is 9.18 Å². The smallest absolute Gasteiger partial charge is 0.345 e. The number of piperazine rings is 1. The summed E-state index contributed by atoms with van der Waals surface area (Å²) in [6.07, 6.45) is 0. The van der Waals surface area contributed by atoms with Gasteiger partial charge in [-0.1, -0.05) is 41.9 Å². The van der Waals surface area contributed by atoms with Crippen molar-refractivity contribution < 1.29 is 18.7 Å². The van der Waals surface area contributed by atoms with Crippen LogP contribution in [0.25, 0.3) is 10.9 Å². The van der Waals surface area contributed by atoms with E-state index < -0.39 is 17.3 Å². The molecule has 4 aromatic rings. The third-order valence-corrected chi connectivity index (χ3v) is 7.07. The Hall–Kier alpha value is -4.17. The molecule has 1 fully saturated rings. The number of pyridine rings is 1. The molecule has 7 nitrogen and oxygen atoms in total. The van der Waals surface area contributed by atoms with Gasteiger partial charge in [-0.3, -0.25) is 9.59 Å². The summed E-state index contributed by atoms with van der Waals surface area (Å²) in [5.74, 6) is -1.31. The van der Waals surface area contributed by atoms with Crippen LogP contribution in [0.5, 0.6) is 0 Å². The first kappa shape index (κ1) is 26.4. The Morgan fingerprint density at radius 1 is 0.949 bits per heavy atom. The number of benzene rings is 3. The first-order valence-corrected chi connectivity index (χ1v) is 13.1. The van der Waals surface area contributed by atoms with E-state index in [0.29, 0.717) is 53.4 Å². The summed E-state index contributed by atoms with van der Waals surface area (Å²) in [6, 6.07) is 20.2. The molecule has 0 saturated carbocycles. The van der Waals surface area contributed by atoms with Gasteiger partial charge in [0, 0.05) is 42.2 Å². The number of ether oxygens (including phenoxy) is 1. The average molecular weight is 548 g/mol. The second kappa shape index (κ2) is 11.3. The van der Waals surface area contributed by atoms with Crippen LogP contribution in [0, 0.1) is 5.82 Å². The van der Waals surface area contributed by atoms with E-state index in [1.807, 2.05) is 35.2 Å². The Morgan fingerprint density at radius 3 is 2.31 bits per heavy atom. The highest BCUT2D eigenvalue weighted by molar-refractivity contribution is 6.31. The van der Waals surface area contributed by atoms with Gasteiger partial charge in [-0.2, -0.15) is 0 Å². The molecule has 200 valence electrons. The van der Waals surface area contributed by atoms with Crippen LogP contribution in [-0.4, -0.2) is 54.1 Å². The van der Waals surface area contributed by atoms with Crippen LogP contribution in [0.15, 0.2) is 77.6 Å². The lowest BCUT2D eigenvalue weighted by atomic mass is 10.0. The molecule has 0 spiro atoms. The molecule has 39 heavy (non-hydrogen) atoms. The van der Waals surface area contributed by atoms with E-state index in [0.717, 1.165) is 5.56 Å². The summed E-state index contributed by atoms with van der Waals surface area (Å²) in [4.78, 5) is 43.8. The number of nitrogens with zero attached hydrogens (tertiary/aromatic N) is 3. The maximum Gasteiger partial charge on any atom is 0.345 e. The second-order valence-electron chi connectivity index (χ2n) is 9.27. The lowest BCUT2D eigenvalue weighted by Gasteiger charge is -2.37. The SMILES string of the molecule is CCOC(=O)c1c(N2CCN(C(=O)c3ccc(F)cc3)CC2)c2cc(Cl)ccc2n(Cc2ccccc2)c1=O. The van der Waals surface area contributed by atoms with Gasteiger partial charge < -0.3 is 19.1 Å². The van der Waals surface area contributed by atoms with Crippen molar-refractivity contribution in [2.24, 2.45) is 0 Å².